The molecule has 1 aromatic rings. The third-order valence-electron chi connectivity index (χ3n) is 3.31. The Hall–Kier alpha value is -1.89. The zero-order valence-electron chi connectivity index (χ0n) is 13.4. The number of hydrogen-bond donors (Lipinski definition) is 1. The van der Waals surface area contributed by atoms with E-state index in [0.717, 1.165) is 5.56 Å². The van der Waals surface area contributed by atoms with Gasteiger partial charge in [-0.2, -0.15) is 0 Å². The number of carbonyl (C=O) groups excluding carboxylic acids is 1. The Balaban J connectivity index is 1.87. The molecule has 0 bridgehead atoms. The van der Waals surface area contributed by atoms with E-state index in [1.807, 2.05) is 25.7 Å². The number of aromatic nitrogens is 2. The second-order valence-electron chi connectivity index (χ2n) is 6.32. The van der Waals surface area contributed by atoms with Crippen LogP contribution in [0.4, 0.5) is 10.7 Å². The maximum absolute atomic E-state index is 12.0. The van der Waals surface area contributed by atoms with E-state index in [4.69, 9.17) is 9.84 Å². The van der Waals surface area contributed by atoms with Gasteiger partial charge in [0.1, 0.15) is 5.60 Å². The van der Waals surface area contributed by atoms with Crippen molar-refractivity contribution < 1.29 is 14.6 Å². The van der Waals surface area contributed by atoms with Crippen LogP contribution < -0.4 is 4.90 Å². The standard InChI is InChI=1S/C15H24N4O3/c1-15(2,3)22-14(21)19-7-5-18(6-8-19)13-16-10-12(4-9-20)11-17-13/h10-11,20H,4-9H2,1-3H3. The zero-order chi connectivity index (χ0) is 16.2. The van der Waals surface area contributed by atoms with Crippen LogP contribution >= 0.6 is 0 Å². The van der Waals surface area contributed by atoms with Crippen molar-refractivity contribution in [2.75, 3.05) is 37.7 Å². The van der Waals surface area contributed by atoms with Gasteiger partial charge >= 0.3 is 6.09 Å². The number of aliphatic hydroxyl groups is 1. The summed E-state index contributed by atoms with van der Waals surface area (Å²) in [5.74, 6) is 0.658. The van der Waals surface area contributed by atoms with Gasteiger partial charge in [-0.3, -0.25) is 0 Å². The minimum atomic E-state index is -0.472. The first kappa shape index (κ1) is 16.5. The summed E-state index contributed by atoms with van der Waals surface area (Å²) in [5.41, 5.74) is 0.443. The summed E-state index contributed by atoms with van der Waals surface area (Å²) in [4.78, 5) is 24.4. The minimum Gasteiger partial charge on any atom is -0.444 e. The van der Waals surface area contributed by atoms with Gasteiger partial charge in [-0.05, 0) is 32.8 Å². The molecule has 22 heavy (non-hydrogen) atoms. The molecule has 1 saturated heterocycles. The second kappa shape index (κ2) is 6.91. The monoisotopic (exact) mass is 308 g/mol. The van der Waals surface area contributed by atoms with Crippen LogP contribution in [0.15, 0.2) is 12.4 Å². The average Bonchev–Trinajstić information content (AvgIpc) is 2.47. The molecular formula is C15H24N4O3. The maximum Gasteiger partial charge on any atom is 0.410 e. The van der Waals surface area contributed by atoms with Gasteiger partial charge in [0.2, 0.25) is 5.95 Å². The summed E-state index contributed by atoms with van der Waals surface area (Å²) in [6.45, 7) is 8.23. The lowest BCUT2D eigenvalue weighted by Crippen LogP contribution is -2.50. The number of aliphatic hydroxyl groups excluding tert-OH is 1. The molecule has 1 aliphatic rings. The van der Waals surface area contributed by atoms with Gasteiger partial charge in [-0.25, -0.2) is 14.8 Å². The van der Waals surface area contributed by atoms with Gasteiger partial charge in [-0.1, -0.05) is 0 Å². The first-order valence-electron chi connectivity index (χ1n) is 7.54. The maximum atomic E-state index is 12.0. The van der Waals surface area contributed by atoms with Crippen LogP contribution in [0.2, 0.25) is 0 Å². The van der Waals surface area contributed by atoms with E-state index in [0.29, 0.717) is 38.5 Å². The lowest BCUT2D eigenvalue weighted by molar-refractivity contribution is 0.0240. The van der Waals surface area contributed by atoms with E-state index in [1.54, 1.807) is 17.3 Å². The van der Waals surface area contributed by atoms with Crippen LogP contribution in [0.3, 0.4) is 0 Å². The Morgan fingerprint density at radius 2 is 1.82 bits per heavy atom. The Labute approximate surface area is 130 Å². The van der Waals surface area contributed by atoms with Crippen LogP contribution in [0.5, 0.6) is 0 Å². The molecule has 0 aliphatic carbocycles. The molecule has 7 heteroatoms. The largest absolute Gasteiger partial charge is 0.444 e. The molecule has 1 N–H and O–H groups in total. The average molecular weight is 308 g/mol. The molecular weight excluding hydrogens is 284 g/mol. The van der Waals surface area contributed by atoms with Crippen molar-refractivity contribution in [3.8, 4) is 0 Å². The molecule has 2 rings (SSSR count). The van der Waals surface area contributed by atoms with Crippen LogP contribution in [-0.4, -0.2) is 64.5 Å². The molecule has 1 amide bonds. The van der Waals surface area contributed by atoms with E-state index >= 15 is 0 Å². The molecule has 7 nitrogen and oxygen atoms in total. The molecule has 1 aliphatic heterocycles. The van der Waals surface area contributed by atoms with Crippen molar-refractivity contribution >= 4 is 12.0 Å². The highest BCUT2D eigenvalue weighted by Crippen LogP contribution is 2.14. The quantitative estimate of drug-likeness (QED) is 0.900. The summed E-state index contributed by atoms with van der Waals surface area (Å²) < 4.78 is 5.37. The van der Waals surface area contributed by atoms with Crippen molar-refractivity contribution in [3.63, 3.8) is 0 Å². The summed E-state index contributed by atoms with van der Waals surface area (Å²) in [7, 11) is 0. The Morgan fingerprint density at radius 1 is 1.23 bits per heavy atom. The lowest BCUT2D eigenvalue weighted by atomic mass is 10.2. The summed E-state index contributed by atoms with van der Waals surface area (Å²) in [6.07, 6.45) is 3.76. The van der Waals surface area contributed by atoms with Crippen LogP contribution in [0.25, 0.3) is 0 Å². The van der Waals surface area contributed by atoms with Gasteiger partial charge in [0.05, 0.1) is 0 Å². The molecule has 0 spiro atoms. The smallest absolute Gasteiger partial charge is 0.410 e. The van der Waals surface area contributed by atoms with Gasteiger partial charge in [0.25, 0.3) is 0 Å². The lowest BCUT2D eigenvalue weighted by Gasteiger charge is -2.35. The van der Waals surface area contributed by atoms with E-state index in [9.17, 15) is 4.79 Å². The zero-order valence-corrected chi connectivity index (χ0v) is 13.4. The predicted molar refractivity (Wildman–Crippen MR) is 82.8 cm³/mol. The fourth-order valence-electron chi connectivity index (χ4n) is 2.18. The third-order valence-corrected chi connectivity index (χ3v) is 3.31. The van der Waals surface area contributed by atoms with Gasteiger partial charge < -0.3 is 19.6 Å². The fourth-order valence-corrected chi connectivity index (χ4v) is 2.18. The van der Waals surface area contributed by atoms with Crippen LogP contribution in [0, 0.1) is 0 Å². The minimum absolute atomic E-state index is 0.0945. The molecule has 0 aromatic carbocycles. The number of carbonyl (C=O) groups is 1. The molecule has 1 fully saturated rings. The van der Waals surface area contributed by atoms with Crippen molar-refractivity contribution in [1.29, 1.82) is 0 Å². The van der Waals surface area contributed by atoms with Crippen molar-refractivity contribution in [3.05, 3.63) is 18.0 Å². The highest BCUT2D eigenvalue weighted by atomic mass is 16.6. The molecule has 2 heterocycles. The molecule has 0 atom stereocenters. The van der Waals surface area contributed by atoms with Crippen molar-refractivity contribution in [1.82, 2.24) is 14.9 Å². The van der Waals surface area contributed by atoms with Gasteiger partial charge in [0.15, 0.2) is 0 Å². The van der Waals surface area contributed by atoms with Gasteiger partial charge in [0, 0.05) is 45.2 Å². The number of piperazine rings is 1. The highest BCUT2D eigenvalue weighted by Gasteiger charge is 2.26. The number of nitrogens with zero attached hydrogens (tertiary/aromatic N) is 4. The summed E-state index contributed by atoms with van der Waals surface area (Å²) in [5, 5.41) is 8.88. The van der Waals surface area contributed by atoms with E-state index in [-0.39, 0.29) is 12.7 Å². The second-order valence-corrected chi connectivity index (χ2v) is 6.32. The Morgan fingerprint density at radius 3 is 2.32 bits per heavy atom. The molecule has 122 valence electrons. The Bertz CT molecular complexity index is 491. The fraction of sp³-hybridized carbons (Fsp3) is 0.667. The SMILES string of the molecule is CC(C)(C)OC(=O)N1CCN(c2ncc(CCO)cn2)CC1. The van der Waals surface area contributed by atoms with Crippen LogP contribution in [0.1, 0.15) is 26.3 Å². The molecule has 0 saturated carbocycles. The van der Waals surface area contributed by atoms with E-state index in [2.05, 4.69) is 9.97 Å². The summed E-state index contributed by atoms with van der Waals surface area (Å²) >= 11 is 0. The normalized spacial score (nSPS) is 15.8. The molecule has 0 radical (unpaired) electrons. The number of anilines is 1. The number of ether oxygens (including phenoxy) is 1. The first-order valence-corrected chi connectivity index (χ1v) is 7.54. The highest BCUT2D eigenvalue weighted by molar-refractivity contribution is 5.68. The first-order chi connectivity index (χ1) is 10.4. The van der Waals surface area contributed by atoms with E-state index < -0.39 is 5.60 Å². The van der Waals surface area contributed by atoms with E-state index in [1.165, 1.54) is 0 Å². The van der Waals surface area contributed by atoms with Crippen molar-refractivity contribution in [2.45, 2.75) is 32.8 Å². The van der Waals surface area contributed by atoms with Crippen LogP contribution in [-0.2, 0) is 11.2 Å². The van der Waals surface area contributed by atoms with Crippen molar-refractivity contribution in [2.24, 2.45) is 0 Å². The van der Waals surface area contributed by atoms with Gasteiger partial charge in [-0.15, -0.1) is 0 Å². The number of amides is 1. The summed E-state index contributed by atoms with van der Waals surface area (Å²) in [6, 6.07) is 0. The topological polar surface area (TPSA) is 78.8 Å². The predicted octanol–water partition coefficient (Wildman–Crippen LogP) is 1.07. The molecule has 1 aromatic heterocycles. The number of hydrogen-bond acceptors (Lipinski definition) is 6. The number of rotatable bonds is 3. The third kappa shape index (κ3) is 4.56. The Kier molecular flexibility index (Phi) is 5.18. The molecule has 0 unspecified atom stereocenters.